The van der Waals surface area contributed by atoms with Crippen LogP contribution in [0.5, 0.6) is 0 Å². The third-order valence-electron chi connectivity index (χ3n) is 8.78. The van der Waals surface area contributed by atoms with Crippen molar-refractivity contribution in [2.24, 2.45) is 11.8 Å². The molecule has 0 spiro atoms. The van der Waals surface area contributed by atoms with Gasteiger partial charge in [-0.05, 0) is 67.5 Å². The zero-order valence-corrected chi connectivity index (χ0v) is 25.0. The fourth-order valence-electron chi connectivity index (χ4n) is 6.18. The average molecular weight is 645 g/mol. The summed E-state index contributed by atoms with van der Waals surface area (Å²) in [7, 11) is 2.46. The third-order valence-corrected chi connectivity index (χ3v) is 8.78. The third kappa shape index (κ3) is 8.06. The Morgan fingerprint density at radius 2 is 1.42 bits per heavy atom. The predicted octanol–water partition coefficient (Wildman–Crippen LogP) is 6.29. The van der Waals surface area contributed by atoms with Crippen molar-refractivity contribution in [3.63, 3.8) is 0 Å². The molecule has 1 saturated carbocycles. The zero-order chi connectivity index (χ0) is 33.3. The maximum absolute atomic E-state index is 13.7. The molecule has 1 heterocycles. The molecule has 1 aliphatic carbocycles. The fraction of sp³-hybridized carbons (Fsp3) is 0.516. The van der Waals surface area contributed by atoms with Crippen LogP contribution in [0.15, 0.2) is 42.5 Å². The Morgan fingerprint density at radius 3 is 1.93 bits per heavy atom. The summed E-state index contributed by atoms with van der Waals surface area (Å²) in [5.74, 6) is -1.26. The van der Waals surface area contributed by atoms with Crippen molar-refractivity contribution in [3.8, 4) is 0 Å². The molecule has 45 heavy (non-hydrogen) atoms. The molecule has 0 bridgehead atoms. The first-order chi connectivity index (χ1) is 21.0. The number of nitrogens with one attached hydrogen (secondary N) is 1. The largest absolute Gasteiger partial charge is 0.416 e. The molecule has 4 amide bonds. The Balaban J connectivity index is 1.56. The minimum absolute atomic E-state index is 0.0101. The van der Waals surface area contributed by atoms with Crippen molar-refractivity contribution < 1.29 is 45.1 Å². The molecule has 2 atom stereocenters. The molecule has 0 radical (unpaired) electrons. The van der Waals surface area contributed by atoms with Gasteiger partial charge in [0.2, 0.25) is 11.8 Å². The quantitative estimate of drug-likeness (QED) is 0.376. The van der Waals surface area contributed by atoms with Crippen LogP contribution in [0.4, 0.5) is 41.2 Å². The number of hydrogen-bond donors (Lipinski definition) is 1. The van der Waals surface area contributed by atoms with Crippen molar-refractivity contribution in [1.29, 1.82) is 0 Å². The summed E-state index contributed by atoms with van der Waals surface area (Å²) < 4.78 is 94.6. The van der Waals surface area contributed by atoms with Crippen molar-refractivity contribution in [2.45, 2.75) is 56.9 Å². The van der Waals surface area contributed by atoms with E-state index in [0.29, 0.717) is 42.0 Å². The number of carbonyl (C=O) groups is 3. The second kappa shape index (κ2) is 13.3. The van der Waals surface area contributed by atoms with Gasteiger partial charge in [-0.25, -0.2) is 9.18 Å². The van der Waals surface area contributed by atoms with E-state index in [-0.39, 0.29) is 42.8 Å². The van der Waals surface area contributed by atoms with E-state index in [9.17, 15) is 45.1 Å². The highest BCUT2D eigenvalue weighted by molar-refractivity contribution is 5.92. The van der Waals surface area contributed by atoms with E-state index in [0.717, 1.165) is 19.9 Å². The number of anilines is 1. The summed E-state index contributed by atoms with van der Waals surface area (Å²) in [6.07, 6.45) is -7.46. The summed E-state index contributed by atoms with van der Waals surface area (Å²) in [4.78, 5) is 42.0. The van der Waals surface area contributed by atoms with Gasteiger partial charge < -0.3 is 15.1 Å². The number of amides is 4. The van der Waals surface area contributed by atoms with Crippen LogP contribution in [0.2, 0.25) is 0 Å². The van der Waals surface area contributed by atoms with Gasteiger partial charge in [-0.15, -0.1) is 0 Å². The van der Waals surface area contributed by atoms with Crippen LogP contribution in [0.25, 0.3) is 0 Å². The zero-order valence-electron chi connectivity index (χ0n) is 25.0. The maximum Gasteiger partial charge on any atom is 0.416 e. The molecule has 1 saturated heterocycles. The van der Waals surface area contributed by atoms with E-state index in [1.807, 2.05) is 0 Å². The van der Waals surface area contributed by atoms with E-state index < -0.39 is 53.0 Å². The fourth-order valence-corrected chi connectivity index (χ4v) is 6.18. The van der Waals surface area contributed by atoms with Gasteiger partial charge in [0.25, 0.3) is 0 Å². The van der Waals surface area contributed by atoms with E-state index in [1.54, 1.807) is 4.90 Å². The molecule has 2 aromatic rings. The Morgan fingerprint density at radius 1 is 0.867 bits per heavy atom. The van der Waals surface area contributed by atoms with Gasteiger partial charge >= 0.3 is 18.4 Å². The lowest BCUT2D eigenvalue weighted by molar-refractivity contribution is -0.143. The number of carbonyl (C=O) groups excluding carboxylic acids is 3. The van der Waals surface area contributed by atoms with Crippen molar-refractivity contribution in [3.05, 3.63) is 65.0 Å². The van der Waals surface area contributed by atoms with E-state index in [4.69, 9.17) is 0 Å². The highest BCUT2D eigenvalue weighted by atomic mass is 19.4. The molecular formula is C31H35F7N4O3. The molecule has 7 nitrogen and oxygen atoms in total. The van der Waals surface area contributed by atoms with E-state index in [1.165, 1.54) is 43.1 Å². The van der Waals surface area contributed by atoms with Gasteiger partial charge in [-0.1, -0.05) is 12.1 Å². The molecule has 1 N–H and O–H groups in total. The first kappa shape index (κ1) is 34.0. The molecular weight excluding hydrogens is 609 g/mol. The van der Waals surface area contributed by atoms with Crippen LogP contribution >= 0.6 is 0 Å². The number of likely N-dealkylation sites (N-methyl/N-ethyl adjacent to an activating group) is 1. The predicted molar refractivity (Wildman–Crippen MR) is 152 cm³/mol. The monoisotopic (exact) mass is 644 g/mol. The number of nitrogens with zero attached hydrogens (tertiary/aromatic N) is 3. The normalized spacial score (nSPS) is 22.2. The topological polar surface area (TPSA) is 73.0 Å². The molecule has 2 fully saturated rings. The summed E-state index contributed by atoms with van der Waals surface area (Å²) >= 11 is 0. The highest BCUT2D eigenvalue weighted by Gasteiger charge is 2.43. The Labute approximate surface area is 256 Å². The second-order valence-electron chi connectivity index (χ2n) is 11.8. The lowest BCUT2D eigenvalue weighted by Gasteiger charge is -2.33. The molecule has 1 aliphatic heterocycles. The highest BCUT2D eigenvalue weighted by Crippen LogP contribution is 2.39. The van der Waals surface area contributed by atoms with Crippen LogP contribution in [-0.2, 0) is 21.9 Å². The summed E-state index contributed by atoms with van der Waals surface area (Å²) in [5.41, 5.74) is -3.09. The molecule has 0 aromatic heterocycles. The second-order valence-corrected chi connectivity index (χ2v) is 11.8. The lowest BCUT2D eigenvalue weighted by Crippen LogP contribution is -2.48. The van der Waals surface area contributed by atoms with Crippen LogP contribution in [-0.4, -0.2) is 67.4 Å². The number of benzene rings is 2. The van der Waals surface area contributed by atoms with E-state index in [2.05, 4.69) is 5.32 Å². The van der Waals surface area contributed by atoms with Crippen molar-refractivity contribution in [2.75, 3.05) is 38.6 Å². The molecule has 246 valence electrons. The van der Waals surface area contributed by atoms with Crippen LogP contribution in [0.1, 0.15) is 55.2 Å². The van der Waals surface area contributed by atoms with Crippen LogP contribution < -0.4 is 10.2 Å². The van der Waals surface area contributed by atoms with Gasteiger partial charge in [-0.3, -0.25) is 14.5 Å². The smallest absolute Gasteiger partial charge is 0.356 e. The number of halogens is 7. The summed E-state index contributed by atoms with van der Waals surface area (Å²) in [5, 5.41) is 2.80. The summed E-state index contributed by atoms with van der Waals surface area (Å²) in [6, 6.07) is 4.88. The standard InChI is InChI=1S/C31H35F7N4O3/c1-18(43)39-15-19-4-6-21(7-5-19)28(44)42-16-26(20-8-10-24(32)11-9-20)27(17-42)41(3)29(45)40(2)25-13-22(30(33,34)35)12-23(14-25)31(36,37)38/h8-14,19,21,26-27H,4-7,15-17H2,1-3H3,(H,39,43)/t19-,21-,26-,27+/m0/s1. The number of urea groups is 1. The van der Waals surface area contributed by atoms with Gasteiger partial charge in [0.15, 0.2) is 0 Å². The van der Waals surface area contributed by atoms with Gasteiger partial charge in [0.1, 0.15) is 5.82 Å². The molecule has 4 rings (SSSR count). The number of alkyl halides is 6. The van der Waals surface area contributed by atoms with Crippen LogP contribution in [0.3, 0.4) is 0 Å². The lowest BCUT2D eigenvalue weighted by atomic mass is 9.81. The first-order valence-electron chi connectivity index (χ1n) is 14.5. The molecule has 2 aromatic carbocycles. The van der Waals surface area contributed by atoms with Gasteiger partial charge in [-0.2, -0.15) is 26.3 Å². The number of hydrogen-bond acceptors (Lipinski definition) is 3. The summed E-state index contributed by atoms with van der Waals surface area (Å²) in [6.45, 7) is 2.23. The first-order valence-corrected chi connectivity index (χ1v) is 14.5. The molecule has 14 heteroatoms. The number of rotatable bonds is 6. The maximum atomic E-state index is 13.7. The Hall–Kier alpha value is -3.84. The SMILES string of the molecule is CC(=O)NC[C@H]1CC[C@H](C(=O)N2C[C@@H](N(C)C(=O)N(C)c3cc(C(F)(F)F)cc(C(F)(F)F)c3)[C@H](c3ccc(F)cc3)C2)CC1. The number of likely N-dealkylation sites (tertiary alicyclic amines) is 1. The molecule has 2 aliphatic rings. The minimum atomic E-state index is -5.09. The van der Waals surface area contributed by atoms with Crippen molar-refractivity contribution in [1.82, 2.24) is 15.1 Å². The molecule has 0 unspecified atom stereocenters. The Kier molecular flexibility index (Phi) is 10.0. The van der Waals surface area contributed by atoms with Crippen molar-refractivity contribution >= 4 is 23.5 Å². The average Bonchev–Trinajstić information content (AvgIpc) is 3.43. The van der Waals surface area contributed by atoms with Gasteiger partial charge in [0.05, 0.1) is 17.2 Å². The van der Waals surface area contributed by atoms with E-state index >= 15 is 0 Å². The Bertz CT molecular complexity index is 1360. The van der Waals surface area contributed by atoms with Crippen LogP contribution in [0, 0.1) is 17.7 Å². The minimum Gasteiger partial charge on any atom is -0.356 e. The van der Waals surface area contributed by atoms with Gasteiger partial charge in [0, 0.05) is 58.2 Å².